The topological polar surface area (TPSA) is 104 Å². The standard InChI is InChI=1S/C10H15NO5S2/c1-6-4-17-7(9(13)14)8(6)18(15,16)11-10(2,3)5-12/h4,11-12H,5H2,1-3H3,(H,13,14). The Bertz CT molecular complexity index is 559. The summed E-state index contributed by atoms with van der Waals surface area (Å²) in [5, 5.41) is 19.5. The highest BCUT2D eigenvalue weighted by Crippen LogP contribution is 2.27. The minimum absolute atomic E-state index is 0.228. The van der Waals surface area contributed by atoms with Gasteiger partial charge < -0.3 is 10.2 Å². The van der Waals surface area contributed by atoms with Crippen LogP contribution in [0, 0.1) is 6.92 Å². The van der Waals surface area contributed by atoms with Crippen molar-refractivity contribution < 1.29 is 23.4 Å². The van der Waals surface area contributed by atoms with E-state index in [-0.39, 0.29) is 9.77 Å². The lowest BCUT2D eigenvalue weighted by Crippen LogP contribution is -2.46. The molecule has 0 radical (unpaired) electrons. The Morgan fingerprint density at radius 2 is 2.06 bits per heavy atom. The van der Waals surface area contributed by atoms with E-state index in [4.69, 9.17) is 10.2 Å². The van der Waals surface area contributed by atoms with Gasteiger partial charge in [0.25, 0.3) is 0 Å². The Balaban J connectivity index is 3.29. The van der Waals surface area contributed by atoms with Crippen molar-refractivity contribution in [3.8, 4) is 0 Å². The fourth-order valence-electron chi connectivity index (χ4n) is 1.36. The van der Waals surface area contributed by atoms with E-state index in [0.717, 1.165) is 11.3 Å². The van der Waals surface area contributed by atoms with Crippen LogP contribution in [0.5, 0.6) is 0 Å². The van der Waals surface area contributed by atoms with Gasteiger partial charge in [0.2, 0.25) is 10.0 Å². The lowest BCUT2D eigenvalue weighted by atomic mass is 10.1. The lowest BCUT2D eigenvalue weighted by Gasteiger charge is -2.23. The number of sulfonamides is 1. The van der Waals surface area contributed by atoms with Gasteiger partial charge in [-0.2, -0.15) is 0 Å². The molecule has 18 heavy (non-hydrogen) atoms. The number of carbonyl (C=O) groups is 1. The van der Waals surface area contributed by atoms with Gasteiger partial charge in [-0.1, -0.05) is 0 Å². The first-order valence-corrected chi connectivity index (χ1v) is 7.43. The van der Waals surface area contributed by atoms with Crippen LogP contribution in [0.3, 0.4) is 0 Å². The van der Waals surface area contributed by atoms with E-state index < -0.39 is 28.1 Å². The van der Waals surface area contributed by atoms with Crippen molar-refractivity contribution in [1.29, 1.82) is 0 Å². The Labute approximate surface area is 109 Å². The van der Waals surface area contributed by atoms with Crippen LogP contribution in [0.2, 0.25) is 0 Å². The molecule has 1 aromatic rings. The molecule has 0 aliphatic carbocycles. The van der Waals surface area contributed by atoms with Gasteiger partial charge in [0.15, 0.2) is 0 Å². The monoisotopic (exact) mass is 293 g/mol. The van der Waals surface area contributed by atoms with Crippen molar-refractivity contribution in [2.75, 3.05) is 6.61 Å². The molecule has 0 saturated heterocycles. The summed E-state index contributed by atoms with van der Waals surface area (Å²) in [6.07, 6.45) is 0. The summed E-state index contributed by atoms with van der Waals surface area (Å²) in [5.41, 5.74) is -0.679. The van der Waals surface area contributed by atoms with Gasteiger partial charge in [-0.15, -0.1) is 11.3 Å². The van der Waals surface area contributed by atoms with Gasteiger partial charge in [0.05, 0.1) is 12.1 Å². The van der Waals surface area contributed by atoms with Crippen LogP contribution in [0.4, 0.5) is 0 Å². The summed E-state index contributed by atoms with van der Waals surface area (Å²) in [6, 6.07) is 0. The first-order chi connectivity index (χ1) is 8.10. The number of carboxylic acid groups (broad SMARTS) is 1. The molecule has 1 heterocycles. The van der Waals surface area contributed by atoms with Crippen LogP contribution in [-0.2, 0) is 10.0 Å². The van der Waals surface area contributed by atoms with Crippen LogP contribution in [0.1, 0.15) is 29.1 Å². The second kappa shape index (κ2) is 4.96. The molecule has 3 N–H and O–H groups in total. The highest BCUT2D eigenvalue weighted by molar-refractivity contribution is 7.89. The lowest BCUT2D eigenvalue weighted by molar-refractivity contribution is 0.0698. The van der Waals surface area contributed by atoms with Crippen LogP contribution in [0.15, 0.2) is 10.3 Å². The maximum Gasteiger partial charge on any atom is 0.347 e. The molecule has 0 spiro atoms. The molecule has 102 valence electrons. The summed E-state index contributed by atoms with van der Waals surface area (Å²) in [6.45, 7) is 4.15. The highest BCUT2D eigenvalue weighted by Gasteiger charge is 2.31. The molecular weight excluding hydrogens is 278 g/mol. The minimum Gasteiger partial charge on any atom is -0.477 e. The van der Waals surface area contributed by atoms with E-state index in [1.54, 1.807) is 0 Å². The number of thiophene rings is 1. The quantitative estimate of drug-likeness (QED) is 0.745. The largest absolute Gasteiger partial charge is 0.477 e. The van der Waals surface area contributed by atoms with Crippen LogP contribution >= 0.6 is 11.3 Å². The Kier molecular flexibility index (Phi) is 4.16. The normalized spacial score (nSPS) is 12.7. The maximum atomic E-state index is 12.1. The van der Waals surface area contributed by atoms with Crippen molar-refractivity contribution in [3.05, 3.63) is 15.8 Å². The number of rotatable bonds is 5. The zero-order valence-corrected chi connectivity index (χ0v) is 11.9. The van der Waals surface area contributed by atoms with Gasteiger partial charge in [-0.3, -0.25) is 0 Å². The molecule has 1 aromatic heterocycles. The average Bonchev–Trinajstić information content (AvgIpc) is 2.59. The highest BCUT2D eigenvalue weighted by atomic mass is 32.2. The van der Waals surface area contributed by atoms with E-state index in [2.05, 4.69) is 4.72 Å². The van der Waals surface area contributed by atoms with Gasteiger partial charge in [-0.25, -0.2) is 17.9 Å². The molecular formula is C10H15NO5S2. The van der Waals surface area contributed by atoms with Crippen molar-refractivity contribution in [2.24, 2.45) is 0 Å². The third-order valence-electron chi connectivity index (χ3n) is 2.19. The second-order valence-corrected chi connectivity index (χ2v) is 7.03. The fraction of sp³-hybridized carbons (Fsp3) is 0.500. The molecule has 6 nitrogen and oxygen atoms in total. The number of aliphatic hydroxyl groups excluding tert-OH is 1. The molecule has 0 amide bonds. The summed E-state index contributed by atoms with van der Waals surface area (Å²) in [7, 11) is -3.97. The Hall–Kier alpha value is -0.960. The van der Waals surface area contributed by atoms with Gasteiger partial charge in [-0.05, 0) is 31.7 Å². The molecule has 0 aliphatic rings. The number of aliphatic hydroxyl groups is 1. The number of hydrogen-bond donors (Lipinski definition) is 3. The number of nitrogens with one attached hydrogen (secondary N) is 1. The van der Waals surface area contributed by atoms with E-state index in [0.29, 0.717) is 5.56 Å². The van der Waals surface area contributed by atoms with Crippen molar-refractivity contribution >= 4 is 27.3 Å². The number of aryl methyl sites for hydroxylation is 1. The SMILES string of the molecule is Cc1csc(C(=O)O)c1S(=O)(=O)NC(C)(C)CO. The van der Waals surface area contributed by atoms with Crippen LogP contribution in [-0.4, -0.2) is 36.7 Å². The van der Waals surface area contributed by atoms with Crippen molar-refractivity contribution in [2.45, 2.75) is 31.2 Å². The Morgan fingerprint density at radius 3 is 2.50 bits per heavy atom. The predicted octanol–water partition coefficient (Wildman–Crippen LogP) is 0.804. The molecule has 0 unspecified atom stereocenters. The number of hydrogen-bond acceptors (Lipinski definition) is 5. The summed E-state index contributed by atoms with van der Waals surface area (Å²) < 4.78 is 26.6. The van der Waals surface area contributed by atoms with Crippen LogP contribution < -0.4 is 4.72 Å². The van der Waals surface area contributed by atoms with E-state index in [1.807, 2.05) is 0 Å². The number of aromatic carboxylic acids is 1. The molecule has 0 fully saturated rings. The zero-order chi connectivity index (χ0) is 14.1. The summed E-state index contributed by atoms with van der Waals surface area (Å²) in [5.74, 6) is -1.28. The molecule has 0 bridgehead atoms. The van der Waals surface area contributed by atoms with Crippen LogP contribution in [0.25, 0.3) is 0 Å². The predicted molar refractivity (Wildman–Crippen MR) is 67.5 cm³/mol. The zero-order valence-electron chi connectivity index (χ0n) is 10.2. The maximum absolute atomic E-state index is 12.1. The molecule has 0 aliphatic heterocycles. The summed E-state index contributed by atoms with van der Waals surface area (Å²) >= 11 is 0.864. The first kappa shape index (κ1) is 15.1. The smallest absolute Gasteiger partial charge is 0.347 e. The summed E-state index contributed by atoms with van der Waals surface area (Å²) in [4.78, 5) is 10.5. The van der Waals surface area contributed by atoms with Gasteiger partial charge in [0, 0.05) is 0 Å². The molecule has 0 aromatic carbocycles. The molecule has 0 saturated carbocycles. The molecule has 1 rings (SSSR count). The van der Waals surface area contributed by atoms with E-state index >= 15 is 0 Å². The number of carboxylic acids is 1. The first-order valence-electron chi connectivity index (χ1n) is 5.07. The minimum atomic E-state index is -3.97. The van der Waals surface area contributed by atoms with E-state index in [9.17, 15) is 13.2 Å². The molecule has 0 atom stereocenters. The Morgan fingerprint density at radius 1 is 1.50 bits per heavy atom. The third-order valence-corrected chi connectivity index (χ3v) is 5.29. The third kappa shape index (κ3) is 3.08. The van der Waals surface area contributed by atoms with Crippen molar-refractivity contribution in [1.82, 2.24) is 4.72 Å². The van der Waals surface area contributed by atoms with Gasteiger partial charge >= 0.3 is 5.97 Å². The van der Waals surface area contributed by atoms with Crippen molar-refractivity contribution in [3.63, 3.8) is 0 Å². The average molecular weight is 293 g/mol. The van der Waals surface area contributed by atoms with E-state index in [1.165, 1.54) is 26.2 Å². The molecule has 8 heteroatoms. The second-order valence-electron chi connectivity index (χ2n) is 4.53. The van der Waals surface area contributed by atoms with Gasteiger partial charge in [0.1, 0.15) is 9.77 Å². The fourth-order valence-corrected chi connectivity index (χ4v) is 4.40.